The van der Waals surface area contributed by atoms with Crippen molar-refractivity contribution >= 4 is 33.7 Å². The highest BCUT2D eigenvalue weighted by atomic mass is 32.2. The van der Waals surface area contributed by atoms with Gasteiger partial charge in [0.05, 0.1) is 35.1 Å². The Bertz CT molecular complexity index is 1240. The quantitative estimate of drug-likeness (QED) is 0.325. The number of rotatable bonds is 8. The third-order valence-electron chi connectivity index (χ3n) is 5.76. The second-order valence-electron chi connectivity index (χ2n) is 11.9. The minimum Gasteiger partial charge on any atom is -0.396 e. The van der Waals surface area contributed by atoms with Gasteiger partial charge in [-0.15, -0.1) is 0 Å². The molecule has 2 aromatic rings. The summed E-state index contributed by atoms with van der Waals surface area (Å²) in [5.74, 6) is 0.191. The van der Waals surface area contributed by atoms with Crippen LogP contribution in [0.4, 0.5) is 0 Å². The molecule has 2 heterocycles. The number of aliphatic hydroxyl groups is 1. The van der Waals surface area contributed by atoms with Crippen molar-refractivity contribution in [1.82, 2.24) is 9.80 Å². The fourth-order valence-corrected chi connectivity index (χ4v) is 4.24. The summed E-state index contributed by atoms with van der Waals surface area (Å²) in [7, 11) is -3.22. The predicted octanol–water partition coefficient (Wildman–Crippen LogP) is 3.82. The number of benzene rings is 2. The molecular weight excluding hydrogens is 586 g/mol. The van der Waals surface area contributed by atoms with Crippen LogP contribution >= 0.6 is 0 Å². The van der Waals surface area contributed by atoms with Crippen molar-refractivity contribution < 1.29 is 36.9 Å². The molecule has 4 rings (SSSR count). The van der Waals surface area contributed by atoms with Gasteiger partial charge < -0.3 is 10.8 Å². The summed E-state index contributed by atoms with van der Waals surface area (Å²) < 4.78 is 25.1. The van der Waals surface area contributed by atoms with E-state index in [1.165, 1.54) is 9.80 Å². The molecule has 12 heteroatoms. The summed E-state index contributed by atoms with van der Waals surface area (Å²) >= 11 is 0. The van der Waals surface area contributed by atoms with E-state index in [4.69, 9.17) is 10.8 Å². The van der Waals surface area contributed by atoms with Gasteiger partial charge in [-0.1, -0.05) is 65.8 Å². The second kappa shape index (κ2) is 17.7. The van der Waals surface area contributed by atoms with Gasteiger partial charge in [0.15, 0.2) is 0 Å². The van der Waals surface area contributed by atoms with E-state index in [0.717, 1.165) is 6.26 Å². The van der Waals surface area contributed by atoms with Crippen LogP contribution in [0, 0.1) is 17.8 Å². The molecule has 2 aromatic carbocycles. The molecule has 3 N–H and O–H groups in total. The normalized spacial score (nSPS) is 14.5. The van der Waals surface area contributed by atoms with Gasteiger partial charge in [0.25, 0.3) is 33.7 Å². The number of nitrogens with two attached hydrogens (primary N) is 1. The van der Waals surface area contributed by atoms with E-state index < -0.39 is 10.1 Å². The summed E-state index contributed by atoms with van der Waals surface area (Å²) in [6.45, 7) is 14.8. The Hall–Kier alpha value is -3.45. The van der Waals surface area contributed by atoms with Gasteiger partial charge >= 0.3 is 0 Å². The topological polar surface area (TPSA) is 164 Å². The van der Waals surface area contributed by atoms with E-state index in [9.17, 15) is 27.6 Å². The number of nitrogens with zero attached hydrogens (tertiary/aromatic N) is 2. The first kappa shape index (κ1) is 38.6. The minimum absolute atomic E-state index is 0.163. The van der Waals surface area contributed by atoms with Crippen LogP contribution in [0.15, 0.2) is 48.5 Å². The van der Waals surface area contributed by atoms with Crippen LogP contribution in [0.25, 0.3) is 0 Å². The molecule has 0 saturated carbocycles. The van der Waals surface area contributed by atoms with Crippen LogP contribution in [0.5, 0.6) is 0 Å². The smallest absolute Gasteiger partial charge is 0.264 e. The van der Waals surface area contributed by atoms with E-state index in [0.29, 0.717) is 47.2 Å². The predicted molar refractivity (Wildman–Crippen MR) is 170 cm³/mol. The molecule has 0 saturated heterocycles. The molecular formula is C32H47N3O8S. The van der Waals surface area contributed by atoms with Crippen LogP contribution < -0.4 is 5.73 Å². The van der Waals surface area contributed by atoms with Gasteiger partial charge in [-0.25, -0.2) is 0 Å². The van der Waals surface area contributed by atoms with Crippen LogP contribution in [-0.2, 0) is 14.3 Å². The van der Waals surface area contributed by atoms with Crippen LogP contribution in [0.2, 0.25) is 0 Å². The lowest BCUT2D eigenvalue weighted by Gasteiger charge is -2.15. The highest BCUT2D eigenvalue weighted by molar-refractivity contribution is 7.85. The summed E-state index contributed by atoms with van der Waals surface area (Å²) in [6, 6.07) is 13.6. The van der Waals surface area contributed by atoms with Crippen LogP contribution in [-0.4, -0.2) is 85.6 Å². The Balaban J connectivity index is 0.000000316. The van der Waals surface area contributed by atoms with E-state index >= 15 is 0 Å². The number of imide groups is 2. The first-order valence-corrected chi connectivity index (χ1v) is 16.3. The molecule has 44 heavy (non-hydrogen) atoms. The number of aliphatic hydroxyl groups excluding tert-OH is 1. The van der Waals surface area contributed by atoms with Gasteiger partial charge in [0.1, 0.15) is 0 Å². The Morgan fingerprint density at radius 1 is 0.659 bits per heavy atom. The fraction of sp³-hybridized carbons (Fsp3) is 0.500. The molecule has 0 radical (unpaired) electrons. The number of carbonyl (C=O) groups is 4. The lowest BCUT2D eigenvalue weighted by atomic mass is 10.1. The number of fused-ring (bicyclic) bond motifs is 2. The zero-order chi connectivity index (χ0) is 33.8. The molecule has 11 nitrogen and oxygen atoms in total. The number of hydrogen-bond donors (Lipinski definition) is 2. The molecule has 0 bridgehead atoms. The molecule has 0 fully saturated rings. The van der Waals surface area contributed by atoms with Crippen molar-refractivity contribution in [2.45, 2.75) is 54.5 Å². The SMILES string of the molecule is CC(C)CN1C(=O)c2ccccc2C1=O.CC(C)CO.CC(C)COS(C)(=O)=O.C[C@@H](N)CN1C(=O)c2ccccc2C1=O. The molecule has 2 aliphatic heterocycles. The number of hydrogen-bond acceptors (Lipinski definition) is 9. The number of carbonyl (C=O) groups excluding carboxylic acids is 4. The Morgan fingerprint density at radius 2 is 0.977 bits per heavy atom. The van der Waals surface area contributed by atoms with Crippen molar-refractivity contribution in [2.75, 3.05) is 32.6 Å². The number of amides is 4. The van der Waals surface area contributed by atoms with E-state index in [2.05, 4.69) is 4.18 Å². The Kier molecular flexibility index (Phi) is 15.6. The summed E-state index contributed by atoms with van der Waals surface area (Å²) in [4.78, 5) is 49.8. The molecule has 0 unspecified atom stereocenters. The monoisotopic (exact) mass is 633 g/mol. The standard InChI is InChI=1S/C12H13NO2.C11H12N2O2.C5H12O3S.C4H10O/c1-8(2)7-13-11(14)9-5-3-4-6-10(9)12(13)15;1-7(12)6-13-10(14)8-4-2-3-5-9(8)11(13)15;1-5(2)4-8-9(3,6)7;1-4(2)3-5/h3-6,8H,7H2,1-2H3;2-5,7H,6,12H2,1H3;5H,4H2,1-3H3;4-5H,3H2,1-2H3/t;7-;;/m.1../s1. The van der Waals surface area contributed by atoms with Gasteiger partial charge in [0, 0.05) is 25.7 Å². The summed E-state index contributed by atoms with van der Waals surface area (Å²) in [5.41, 5.74) is 7.60. The summed E-state index contributed by atoms with van der Waals surface area (Å²) in [6.07, 6.45) is 1.05. The zero-order valence-electron chi connectivity index (χ0n) is 26.9. The van der Waals surface area contributed by atoms with Crippen molar-refractivity contribution in [2.24, 2.45) is 23.5 Å². The molecule has 0 spiro atoms. The van der Waals surface area contributed by atoms with Gasteiger partial charge in [-0.05, 0) is 48.9 Å². The van der Waals surface area contributed by atoms with Crippen molar-refractivity contribution in [3.05, 3.63) is 70.8 Å². The average Bonchev–Trinajstić information content (AvgIpc) is 3.33. The van der Waals surface area contributed by atoms with E-state index in [1.807, 2.05) is 41.5 Å². The van der Waals surface area contributed by atoms with Gasteiger partial charge in [-0.3, -0.25) is 33.2 Å². The Morgan fingerprint density at radius 3 is 1.18 bits per heavy atom. The summed E-state index contributed by atoms with van der Waals surface area (Å²) in [5, 5.41) is 8.14. The Labute approximate surface area is 261 Å². The van der Waals surface area contributed by atoms with Crippen molar-refractivity contribution in [3.63, 3.8) is 0 Å². The van der Waals surface area contributed by atoms with E-state index in [1.54, 1.807) is 55.5 Å². The van der Waals surface area contributed by atoms with Gasteiger partial charge in [0.2, 0.25) is 0 Å². The lowest BCUT2D eigenvalue weighted by Crippen LogP contribution is -2.39. The van der Waals surface area contributed by atoms with Gasteiger partial charge in [-0.2, -0.15) is 8.42 Å². The maximum Gasteiger partial charge on any atom is 0.264 e. The molecule has 4 amide bonds. The largest absolute Gasteiger partial charge is 0.396 e. The van der Waals surface area contributed by atoms with E-state index in [-0.39, 0.29) is 48.7 Å². The van der Waals surface area contributed by atoms with Crippen LogP contribution in [0.3, 0.4) is 0 Å². The first-order chi connectivity index (χ1) is 20.4. The van der Waals surface area contributed by atoms with Crippen molar-refractivity contribution in [1.29, 1.82) is 0 Å². The first-order valence-electron chi connectivity index (χ1n) is 14.5. The fourth-order valence-electron chi connectivity index (χ4n) is 3.72. The molecule has 0 aromatic heterocycles. The molecule has 0 aliphatic carbocycles. The second-order valence-corrected chi connectivity index (χ2v) is 13.5. The third kappa shape index (κ3) is 12.3. The minimum atomic E-state index is -3.22. The lowest BCUT2D eigenvalue weighted by molar-refractivity contribution is 0.0626. The molecule has 244 valence electrons. The van der Waals surface area contributed by atoms with Crippen LogP contribution in [0.1, 0.15) is 89.9 Å². The van der Waals surface area contributed by atoms with Crippen molar-refractivity contribution in [3.8, 4) is 0 Å². The highest BCUT2D eigenvalue weighted by Gasteiger charge is 2.36. The molecule has 1 atom stereocenters. The molecule has 2 aliphatic rings. The maximum atomic E-state index is 11.8. The zero-order valence-corrected chi connectivity index (χ0v) is 27.8. The average molecular weight is 634 g/mol. The highest BCUT2D eigenvalue weighted by Crippen LogP contribution is 2.23. The third-order valence-corrected chi connectivity index (χ3v) is 6.32. The maximum absolute atomic E-state index is 11.8.